The van der Waals surface area contributed by atoms with Crippen molar-refractivity contribution >= 4 is 28.5 Å². The molecule has 7 nitrogen and oxygen atoms in total. The van der Waals surface area contributed by atoms with Gasteiger partial charge in [-0.2, -0.15) is 0 Å². The highest BCUT2D eigenvalue weighted by molar-refractivity contribution is 6.04. The highest BCUT2D eigenvalue weighted by atomic mass is 16.6. The normalized spacial score (nSPS) is 10.7. The molecule has 7 heteroatoms. The third kappa shape index (κ3) is 3.56. The summed E-state index contributed by atoms with van der Waals surface area (Å²) in [6.07, 6.45) is 0. The maximum absolute atomic E-state index is 12.2. The fourth-order valence-electron chi connectivity index (χ4n) is 2.47. The molecule has 1 aromatic heterocycles. The molecule has 24 heavy (non-hydrogen) atoms. The van der Waals surface area contributed by atoms with Crippen molar-refractivity contribution in [3.8, 4) is 0 Å². The first-order valence-corrected chi connectivity index (χ1v) is 7.67. The van der Waals surface area contributed by atoms with Crippen LogP contribution in [0.15, 0.2) is 35.1 Å². The van der Waals surface area contributed by atoms with Gasteiger partial charge in [-0.3, -0.25) is 4.79 Å². The third-order valence-corrected chi connectivity index (χ3v) is 3.52. The zero-order valence-corrected chi connectivity index (χ0v) is 13.9. The maximum Gasteiger partial charge on any atom is 0.340 e. The molecule has 0 amide bonds. The summed E-state index contributed by atoms with van der Waals surface area (Å²) in [5.41, 5.74) is 0.723. The minimum absolute atomic E-state index is 0.138. The second-order valence-corrected chi connectivity index (χ2v) is 5.08. The molecule has 0 aliphatic rings. The molecule has 0 radical (unpaired) electrons. The molecule has 1 N–H and O–H groups in total. The number of nitrogens with one attached hydrogen (secondary N) is 1. The predicted octanol–water partition coefficient (Wildman–Crippen LogP) is 1.46. The van der Waals surface area contributed by atoms with Gasteiger partial charge < -0.3 is 19.4 Å². The quantitative estimate of drug-likeness (QED) is 0.636. The van der Waals surface area contributed by atoms with Gasteiger partial charge in [0.05, 0.1) is 24.4 Å². The van der Waals surface area contributed by atoms with E-state index in [-0.39, 0.29) is 18.8 Å². The molecule has 1 aromatic carbocycles. The fraction of sp³-hybridized carbons (Fsp3) is 0.353. The lowest BCUT2D eigenvalue weighted by molar-refractivity contribution is -0.156. The first kappa shape index (κ1) is 17.5. The number of nitrogens with zero attached hydrogens (tertiary/aromatic N) is 1. The largest absolute Gasteiger partial charge is 0.464 e. The smallest absolute Gasteiger partial charge is 0.340 e. The van der Waals surface area contributed by atoms with Crippen LogP contribution in [-0.4, -0.2) is 43.2 Å². The molecular weight excluding hydrogens is 312 g/mol. The van der Waals surface area contributed by atoms with Crippen molar-refractivity contribution in [2.24, 2.45) is 0 Å². The van der Waals surface area contributed by atoms with Gasteiger partial charge >= 0.3 is 11.9 Å². The first-order chi connectivity index (χ1) is 11.5. The Morgan fingerprint density at radius 2 is 1.71 bits per heavy atom. The van der Waals surface area contributed by atoms with Crippen molar-refractivity contribution in [1.29, 1.82) is 0 Å². The van der Waals surface area contributed by atoms with Gasteiger partial charge in [-0.15, -0.1) is 0 Å². The Labute approximate surface area is 139 Å². The molecule has 0 unspecified atom stereocenters. The number of carbonyl (C=O) groups excluding carboxylic acids is 2. The number of aromatic nitrogens is 1. The monoisotopic (exact) mass is 332 g/mol. The summed E-state index contributed by atoms with van der Waals surface area (Å²) in [6.45, 7) is 3.59. The summed E-state index contributed by atoms with van der Waals surface area (Å²) in [7, 11) is 1.56. The Morgan fingerprint density at radius 1 is 1.12 bits per heavy atom. The van der Waals surface area contributed by atoms with Gasteiger partial charge in [-0.05, 0) is 19.9 Å². The summed E-state index contributed by atoms with van der Waals surface area (Å²) in [5.74, 6) is -1.44. The van der Waals surface area contributed by atoms with Crippen LogP contribution in [0.3, 0.4) is 0 Å². The summed E-state index contributed by atoms with van der Waals surface area (Å²) in [5, 5.41) is 0.707. The average molecular weight is 332 g/mol. The molecule has 0 aliphatic heterocycles. The highest BCUT2D eigenvalue weighted by Gasteiger charge is 2.34. The van der Waals surface area contributed by atoms with Crippen LogP contribution in [-0.2, 0) is 19.1 Å². The van der Waals surface area contributed by atoms with E-state index in [1.54, 1.807) is 39.1 Å². The van der Waals surface area contributed by atoms with Crippen molar-refractivity contribution in [2.45, 2.75) is 19.9 Å². The van der Waals surface area contributed by atoms with Gasteiger partial charge in [0, 0.05) is 18.5 Å². The van der Waals surface area contributed by atoms with Gasteiger partial charge in [0.1, 0.15) is 0 Å². The molecule has 0 aliphatic carbocycles. The topological polar surface area (TPSA) is 88.7 Å². The number of rotatable bonds is 6. The van der Waals surface area contributed by atoms with Crippen LogP contribution in [0.1, 0.15) is 13.8 Å². The van der Waals surface area contributed by atoms with Gasteiger partial charge in [-0.25, -0.2) is 9.59 Å². The van der Waals surface area contributed by atoms with E-state index in [0.29, 0.717) is 16.6 Å². The van der Waals surface area contributed by atoms with Crippen LogP contribution < -0.4 is 10.5 Å². The van der Waals surface area contributed by atoms with E-state index in [1.807, 2.05) is 6.07 Å². The van der Waals surface area contributed by atoms with Gasteiger partial charge in [0.25, 0.3) is 0 Å². The lowest BCUT2D eigenvalue weighted by Gasteiger charge is -2.27. The van der Waals surface area contributed by atoms with Crippen molar-refractivity contribution in [1.82, 2.24) is 4.98 Å². The number of H-pyrrole nitrogens is 1. The molecule has 0 bridgehead atoms. The van der Waals surface area contributed by atoms with Gasteiger partial charge in [-0.1, -0.05) is 18.2 Å². The second kappa shape index (κ2) is 7.63. The molecule has 128 valence electrons. The first-order valence-electron chi connectivity index (χ1n) is 7.67. The number of aromatic amines is 1. The Kier molecular flexibility index (Phi) is 5.57. The predicted molar refractivity (Wildman–Crippen MR) is 90.0 cm³/mol. The summed E-state index contributed by atoms with van der Waals surface area (Å²) in [6, 6.07) is 7.20. The number of hydrogen-bond donors (Lipinski definition) is 1. The average Bonchev–Trinajstić information content (AvgIpc) is 2.54. The number of para-hydroxylation sites is 1. The summed E-state index contributed by atoms with van der Waals surface area (Å²) in [4.78, 5) is 40.5. The molecule has 2 aromatic rings. The molecule has 0 saturated carbocycles. The van der Waals surface area contributed by atoms with E-state index >= 15 is 0 Å². The number of fused-ring (bicyclic) bond motifs is 1. The van der Waals surface area contributed by atoms with Gasteiger partial charge in [0.15, 0.2) is 0 Å². The van der Waals surface area contributed by atoms with E-state index in [1.165, 1.54) is 11.0 Å². The van der Waals surface area contributed by atoms with Crippen LogP contribution in [0.4, 0.5) is 5.69 Å². The number of likely N-dealkylation sites (N-methyl/N-ethyl adjacent to an activating group) is 1. The van der Waals surface area contributed by atoms with Gasteiger partial charge in [0.2, 0.25) is 11.6 Å². The fourth-order valence-corrected chi connectivity index (χ4v) is 2.47. The summed E-state index contributed by atoms with van der Waals surface area (Å²) < 4.78 is 9.98. The van der Waals surface area contributed by atoms with E-state index in [4.69, 9.17) is 9.47 Å². The molecular formula is C17H20N2O5. The zero-order chi connectivity index (χ0) is 17.7. The third-order valence-electron chi connectivity index (χ3n) is 3.52. The number of carbonyl (C=O) groups is 2. The summed E-state index contributed by atoms with van der Waals surface area (Å²) >= 11 is 0. The molecule has 0 saturated heterocycles. The molecule has 0 atom stereocenters. The lowest BCUT2D eigenvalue weighted by atomic mass is 10.1. The second-order valence-electron chi connectivity index (χ2n) is 5.08. The SMILES string of the molecule is CCOC(=O)C(C(=O)OCC)N(C)c1cc(=O)[nH]c2ccccc12. The van der Waals surface area contributed by atoms with Crippen LogP contribution in [0.5, 0.6) is 0 Å². The van der Waals surface area contributed by atoms with Crippen LogP contribution in [0, 0.1) is 0 Å². The Morgan fingerprint density at radius 3 is 2.29 bits per heavy atom. The molecule has 1 heterocycles. The number of anilines is 1. The van der Waals surface area contributed by atoms with E-state index in [9.17, 15) is 14.4 Å². The maximum atomic E-state index is 12.2. The lowest BCUT2D eigenvalue weighted by Crippen LogP contribution is -2.47. The minimum Gasteiger partial charge on any atom is -0.464 e. The van der Waals surface area contributed by atoms with Crippen molar-refractivity contribution in [2.75, 3.05) is 25.2 Å². The van der Waals surface area contributed by atoms with Crippen molar-refractivity contribution in [3.05, 3.63) is 40.7 Å². The van der Waals surface area contributed by atoms with E-state index in [2.05, 4.69) is 4.98 Å². The number of benzene rings is 1. The van der Waals surface area contributed by atoms with Crippen LogP contribution >= 0.6 is 0 Å². The number of hydrogen-bond acceptors (Lipinski definition) is 6. The molecule has 0 fully saturated rings. The van der Waals surface area contributed by atoms with Crippen molar-refractivity contribution < 1.29 is 19.1 Å². The minimum atomic E-state index is -1.28. The Balaban J connectivity index is 2.53. The number of esters is 2. The molecule has 0 spiro atoms. The van der Waals surface area contributed by atoms with Crippen molar-refractivity contribution in [3.63, 3.8) is 0 Å². The Bertz CT molecular complexity index is 781. The standard InChI is InChI=1S/C17H20N2O5/c1-4-23-16(21)15(17(22)24-5-2)19(3)13-10-14(20)18-12-9-7-6-8-11(12)13/h6-10,15H,4-5H2,1-3H3,(H,18,20). The van der Waals surface area contributed by atoms with E-state index < -0.39 is 18.0 Å². The Hall–Kier alpha value is -2.83. The van der Waals surface area contributed by atoms with E-state index in [0.717, 1.165) is 0 Å². The zero-order valence-electron chi connectivity index (χ0n) is 13.9. The van der Waals surface area contributed by atoms with Crippen LogP contribution in [0.25, 0.3) is 10.9 Å². The molecule has 2 rings (SSSR count). The van der Waals surface area contributed by atoms with Crippen LogP contribution in [0.2, 0.25) is 0 Å². The number of ether oxygens (including phenoxy) is 2. The highest BCUT2D eigenvalue weighted by Crippen LogP contribution is 2.25. The number of pyridine rings is 1.